The van der Waals surface area contributed by atoms with Gasteiger partial charge in [-0.3, -0.25) is 0 Å². The molecular formula is C11H20OS. The summed E-state index contributed by atoms with van der Waals surface area (Å²) in [5.41, 5.74) is 0.0591. The van der Waals surface area contributed by atoms with Crippen molar-refractivity contribution in [1.82, 2.24) is 0 Å². The number of rotatable bonds is 0. The Morgan fingerprint density at radius 2 is 2.15 bits per heavy atom. The van der Waals surface area contributed by atoms with Crippen molar-refractivity contribution in [2.45, 2.75) is 40.2 Å². The summed E-state index contributed by atoms with van der Waals surface area (Å²) in [6.07, 6.45) is 3.08. The van der Waals surface area contributed by atoms with Gasteiger partial charge < -0.3 is 5.11 Å². The van der Waals surface area contributed by atoms with Gasteiger partial charge in [-0.2, -0.15) is 0 Å². The Morgan fingerprint density at radius 3 is 2.77 bits per heavy atom. The van der Waals surface area contributed by atoms with Gasteiger partial charge in [-0.15, -0.1) is 11.8 Å². The van der Waals surface area contributed by atoms with Crippen molar-refractivity contribution in [3.05, 3.63) is 11.0 Å². The lowest BCUT2D eigenvalue weighted by molar-refractivity contribution is 0.0199. The highest BCUT2D eigenvalue weighted by molar-refractivity contribution is 8.03. The van der Waals surface area contributed by atoms with E-state index in [2.05, 4.69) is 33.8 Å². The number of aliphatic hydroxyl groups is 1. The highest BCUT2D eigenvalue weighted by Gasteiger charge is 2.31. The van der Waals surface area contributed by atoms with E-state index >= 15 is 0 Å². The average molecular weight is 200 g/mol. The molecule has 1 heterocycles. The van der Waals surface area contributed by atoms with Crippen LogP contribution in [0.5, 0.6) is 0 Å². The fraction of sp³-hybridized carbons (Fsp3) is 0.818. The molecule has 13 heavy (non-hydrogen) atoms. The zero-order valence-electron chi connectivity index (χ0n) is 9.00. The van der Waals surface area contributed by atoms with E-state index in [0.29, 0.717) is 0 Å². The first kappa shape index (κ1) is 11.1. The molecule has 2 unspecified atom stereocenters. The number of hydrogen-bond donors (Lipinski definition) is 1. The van der Waals surface area contributed by atoms with Gasteiger partial charge in [-0.05, 0) is 29.4 Å². The lowest BCUT2D eigenvalue weighted by Crippen LogP contribution is -2.35. The fourth-order valence-corrected chi connectivity index (χ4v) is 3.11. The number of thioether (sulfide) groups is 1. The van der Waals surface area contributed by atoms with Gasteiger partial charge in [0.1, 0.15) is 0 Å². The minimum absolute atomic E-state index is 0.0591. The SMILES string of the molecule is C/C1=C/C(C)C(O)C(C)(C)CCS1. The second kappa shape index (κ2) is 4.05. The summed E-state index contributed by atoms with van der Waals surface area (Å²) in [4.78, 5) is 1.35. The van der Waals surface area contributed by atoms with Crippen LogP contribution in [0.3, 0.4) is 0 Å². The predicted octanol–water partition coefficient (Wildman–Crippen LogP) is 3.05. The summed E-state index contributed by atoms with van der Waals surface area (Å²) >= 11 is 1.91. The third kappa shape index (κ3) is 2.75. The largest absolute Gasteiger partial charge is 0.392 e. The number of allylic oxidation sites excluding steroid dienone is 1. The third-order valence-electron chi connectivity index (χ3n) is 2.87. The Hall–Kier alpha value is 0.0500. The van der Waals surface area contributed by atoms with Crippen LogP contribution >= 0.6 is 11.8 Å². The third-order valence-corrected chi connectivity index (χ3v) is 3.87. The first-order valence-corrected chi connectivity index (χ1v) is 5.91. The summed E-state index contributed by atoms with van der Waals surface area (Å²) in [6, 6.07) is 0. The van der Waals surface area contributed by atoms with Crippen molar-refractivity contribution in [3.8, 4) is 0 Å². The Balaban J connectivity index is 2.82. The van der Waals surface area contributed by atoms with Gasteiger partial charge in [0.25, 0.3) is 0 Å². The predicted molar refractivity (Wildman–Crippen MR) is 59.8 cm³/mol. The van der Waals surface area contributed by atoms with Crippen molar-refractivity contribution in [2.24, 2.45) is 11.3 Å². The summed E-state index contributed by atoms with van der Waals surface area (Å²) in [5, 5.41) is 10.1. The zero-order valence-corrected chi connectivity index (χ0v) is 9.82. The molecule has 1 N–H and O–H groups in total. The van der Waals surface area contributed by atoms with E-state index in [1.807, 2.05) is 11.8 Å². The fourth-order valence-electron chi connectivity index (χ4n) is 1.84. The molecular weight excluding hydrogens is 180 g/mol. The van der Waals surface area contributed by atoms with E-state index in [1.54, 1.807) is 0 Å². The van der Waals surface area contributed by atoms with E-state index in [4.69, 9.17) is 0 Å². The molecule has 0 fully saturated rings. The topological polar surface area (TPSA) is 20.2 Å². The maximum absolute atomic E-state index is 10.1. The standard InChI is InChI=1S/C11H20OS/c1-8-7-9(2)13-6-5-11(3,4)10(8)12/h7-8,10,12H,5-6H2,1-4H3/b9-7-. The Morgan fingerprint density at radius 1 is 1.54 bits per heavy atom. The molecule has 0 aromatic rings. The summed E-state index contributed by atoms with van der Waals surface area (Å²) in [6.45, 7) is 8.54. The van der Waals surface area contributed by atoms with Crippen molar-refractivity contribution in [3.63, 3.8) is 0 Å². The molecule has 0 spiro atoms. The van der Waals surface area contributed by atoms with Crippen LogP contribution in [0.2, 0.25) is 0 Å². The molecule has 0 aromatic heterocycles. The van der Waals surface area contributed by atoms with Gasteiger partial charge >= 0.3 is 0 Å². The van der Waals surface area contributed by atoms with Crippen LogP contribution in [0.25, 0.3) is 0 Å². The van der Waals surface area contributed by atoms with E-state index in [9.17, 15) is 5.11 Å². The van der Waals surface area contributed by atoms with E-state index in [1.165, 1.54) is 4.91 Å². The van der Waals surface area contributed by atoms with Gasteiger partial charge in [0.2, 0.25) is 0 Å². The van der Waals surface area contributed by atoms with Crippen molar-refractivity contribution in [2.75, 3.05) is 5.75 Å². The van der Waals surface area contributed by atoms with Gasteiger partial charge in [-0.25, -0.2) is 0 Å². The first-order valence-electron chi connectivity index (χ1n) is 4.93. The van der Waals surface area contributed by atoms with Crippen LogP contribution in [0.4, 0.5) is 0 Å². The summed E-state index contributed by atoms with van der Waals surface area (Å²) in [5.74, 6) is 1.40. The molecule has 2 atom stereocenters. The lowest BCUT2D eigenvalue weighted by atomic mass is 9.78. The first-order chi connectivity index (χ1) is 5.93. The van der Waals surface area contributed by atoms with Gasteiger partial charge in [0.05, 0.1) is 6.10 Å². The van der Waals surface area contributed by atoms with Crippen LogP contribution in [0, 0.1) is 11.3 Å². The van der Waals surface area contributed by atoms with Crippen LogP contribution in [-0.2, 0) is 0 Å². The molecule has 0 bridgehead atoms. The number of hydrogen-bond acceptors (Lipinski definition) is 2. The monoisotopic (exact) mass is 200 g/mol. The van der Waals surface area contributed by atoms with Gasteiger partial charge in [0, 0.05) is 5.92 Å². The van der Waals surface area contributed by atoms with E-state index < -0.39 is 0 Å². The molecule has 1 aliphatic rings. The second-order valence-electron chi connectivity index (χ2n) is 4.67. The lowest BCUT2D eigenvalue weighted by Gasteiger charge is -2.35. The Labute approximate surface area is 85.6 Å². The smallest absolute Gasteiger partial charge is 0.0651 e. The minimum atomic E-state index is -0.205. The minimum Gasteiger partial charge on any atom is -0.392 e. The zero-order chi connectivity index (χ0) is 10.1. The molecule has 1 rings (SSSR count). The maximum atomic E-state index is 10.1. The van der Waals surface area contributed by atoms with E-state index in [-0.39, 0.29) is 17.4 Å². The molecule has 0 saturated carbocycles. The second-order valence-corrected chi connectivity index (χ2v) is 6.01. The van der Waals surface area contributed by atoms with Crippen LogP contribution in [0.15, 0.2) is 11.0 Å². The van der Waals surface area contributed by atoms with Gasteiger partial charge in [0.15, 0.2) is 0 Å². The molecule has 0 aromatic carbocycles. The maximum Gasteiger partial charge on any atom is 0.0651 e. The molecule has 0 amide bonds. The molecule has 0 saturated heterocycles. The van der Waals surface area contributed by atoms with Crippen LogP contribution < -0.4 is 0 Å². The van der Waals surface area contributed by atoms with E-state index in [0.717, 1.165) is 12.2 Å². The molecule has 76 valence electrons. The normalized spacial score (nSPS) is 38.7. The molecule has 0 radical (unpaired) electrons. The summed E-state index contributed by atoms with van der Waals surface area (Å²) < 4.78 is 0. The Kier molecular flexibility index (Phi) is 3.47. The van der Waals surface area contributed by atoms with Crippen LogP contribution in [-0.4, -0.2) is 17.0 Å². The Bertz CT molecular complexity index is 208. The van der Waals surface area contributed by atoms with Crippen molar-refractivity contribution >= 4 is 11.8 Å². The average Bonchev–Trinajstić information content (AvgIpc) is 2.01. The van der Waals surface area contributed by atoms with Crippen molar-refractivity contribution in [1.29, 1.82) is 0 Å². The highest BCUT2D eigenvalue weighted by atomic mass is 32.2. The summed E-state index contributed by atoms with van der Waals surface area (Å²) in [7, 11) is 0. The number of aliphatic hydroxyl groups excluding tert-OH is 1. The van der Waals surface area contributed by atoms with Crippen molar-refractivity contribution < 1.29 is 5.11 Å². The molecule has 1 nitrogen and oxygen atoms in total. The quantitative estimate of drug-likeness (QED) is 0.648. The molecule has 1 aliphatic heterocycles. The van der Waals surface area contributed by atoms with Crippen LogP contribution in [0.1, 0.15) is 34.1 Å². The molecule has 2 heteroatoms. The molecule has 0 aliphatic carbocycles. The highest BCUT2D eigenvalue weighted by Crippen LogP contribution is 2.36. The van der Waals surface area contributed by atoms with Gasteiger partial charge in [-0.1, -0.05) is 26.8 Å².